The number of nitrogens with one attached hydrogen (secondary N) is 2. The van der Waals surface area contributed by atoms with Crippen LogP contribution in [0.3, 0.4) is 0 Å². The van der Waals surface area contributed by atoms with E-state index in [9.17, 15) is 0 Å². The highest BCUT2D eigenvalue weighted by molar-refractivity contribution is 5.85. The number of piperazine rings is 1. The third-order valence-electron chi connectivity index (χ3n) is 4.72. The van der Waals surface area contributed by atoms with Crippen LogP contribution in [0.5, 0.6) is 0 Å². The zero-order valence-electron chi connectivity index (χ0n) is 15.5. The molecule has 2 unspecified atom stereocenters. The number of halogens is 2. The van der Waals surface area contributed by atoms with Crippen LogP contribution >= 0.6 is 24.8 Å². The molecular weight excluding hydrogens is 357 g/mol. The number of aliphatic hydroxyl groups is 1. The number of benzene rings is 1. The van der Waals surface area contributed by atoms with Crippen molar-refractivity contribution < 1.29 is 5.11 Å². The maximum absolute atomic E-state index is 8.58. The summed E-state index contributed by atoms with van der Waals surface area (Å²) in [5, 5.41) is 15.3. The molecule has 2 saturated heterocycles. The Labute approximate surface area is 165 Å². The predicted molar refractivity (Wildman–Crippen MR) is 113 cm³/mol. The molecule has 2 heterocycles. The van der Waals surface area contributed by atoms with Crippen molar-refractivity contribution in [3.63, 3.8) is 0 Å². The number of hydrogen-bond donors (Lipinski definition) is 3. The summed E-state index contributed by atoms with van der Waals surface area (Å²) in [4.78, 5) is 2.48. The summed E-state index contributed by atoms with van der Waals surface area (Å²) in [7, 11) is 0. The van der Waals surface area contributed by atoms with Crippen LogP contribution in [-0.4, -0.2) is 50.0 Å². The van der Waals surface area contributed by atoms with Crippen molar-refractivity contribution in [3.8, 4) is 0 Å². The Morgan fingerprint density at radius 3 is 2.60 bits per heavy atom. The van der Waals surface area contributed by atoms with Crippen LogP contribution in [0, 0.1) is 6.92 Å². The largest absolute Gasteiger partial charge is 0.396 e. The van der Waals surface area contributed by atoms with Crippen molar-refractivity contribution >= 4 is 30.5 Å². The Morgan fingerprint density at radius 2 is 2.00 bits per heavy atom. The second-order valence-corrected chi connectivity index (χ2v) is 6.74. The molecule has 6 heteroatoms. The van der Waals surface area contributed by atoms with Gasteiger partial charge in [-0.25, -0.2) is 0 Å². The van der Waals surface area contributed by atoms with Crippen molar-refractivity contribution in [2.45, 2.75) is 51.6 Å². The standard InChI is InChI=1S/C12H18N2.C7H15NO.2ClH/c1-10-4-3-5-12(8-10)14-7-6-13-9-11(14)2;9-6-4-7-3-1-2-5-8-7;;/h3-5,8,11,13H,6-7,9H2,1-2H3;7-9H,1-6H2;2*1H. The SMILES string of the molecule is Cc1cccc(N2CCNCC2C)c1.Cl.Cl.OCCC1CCCCN1. The van der Waals surface area contributed by atoms with E-state index in [0.717, 1.165) is 32.6 Å². The summed E-state index contributed by atoms with van der Waals surface area (Å²) in [6.45, 7) is 9.20. The molecule has 2 aliphatic heterocycles. The molecule has 0 bridgehead atoms. The number of rotatable bonds is 3. The van der Waals surface area contributed by atoms with Crippen LogP contribution < -0.4 is 15.5 Å². The van der Waals surface area contributed by atoms with Gasteiger partial charge in [-0.1, -0.05) is 18.6 Å². The van der Waals surface area contributed by atoms with E-state index >= 15 is 0 Å². The van der Waals surface area contributed by atoms with Crippen LogP contribution in [0.25, 0.3) is 0 Å². The van der Waals surface area contributed by atoms with Gasteiger partial charge in [0, 0.05) is 44.0 Å². The molecule has 1 aromatic rings. The summed E-state index contributed by atoms with van der Waals surface area (Å²) in [5.74, 6) is 0. The highest BCUT2D eigenvalue weighted by atomic mass is 35.5. The van der Waals surface area contributed by atoms with Crippen LogP contribution in [0.15, 0.2) is 24.3 Å². The fraction of sp³-hybridized carbons (Fsp3) is 0.684. The minimum Gasteiger partial charge on any atom is -0.396 e. The number of anilines is 1. The molecule has 2 atom stereocenters. The lowest BCUT2D eigenvalue weighted by atomic mass is 10.0. The first-order valence-electron chi connectivity index (χ1n) is 9.09. The van der Waals surface area contributed by atoms with E-state index in [-0.39, 0.29) is 24.8 Å². The Balaban J connectivity index is 0.000000462. The molecule has 0 radical (unpaired) electrons. The first kappa shape index (κ1) is 24.5. The van der Waals surface area contributed by atoms with Crippen molar-refractivity contribution in [2.24, 2.45) is 0 Å². The van der Waals surface area contributed by atoms with E-state index in [1.807, 2.05) is 0 Å². The van der Waals surface area contributed by atoms with E-state index in [1.54, 1.807) is 0 Å². The average molecular weight is 392 g/mol. The molecule has 25 heavy (non-hydrogen) atoms. The summed E-state index contributed by atoms with van der Waals surface area (Å²) in [6, 6.07) is 9.96. The van der Waals surface area contributed by atoms with Gasteiger partial charge in [0.2, 0.25) is 0 Å². The van der Waals surface area contributed by atoms with Gasteiger partial charge in [0.25, 0.3) is 0 Å². The lowest BCUT2D eigenvalue weighted by Crippen LogP contribution is -2.49. The number of hydrogen-bond acceptors (Lipinski definition) is 4. The second-order valence-electron chi connectivity index (χ2n) is 6.74. The number of nitrogens with zero attached hydrogens (tertiary/aromatic N) is 1. The molecule has 2 fully saturated rings. The monoisotopic (exact) mass is 391 g/mol. The van der Waals surface area contributed by atoms with E-state index in [1.165, 1.54) is 30.5 Å². The Morgan fingerprint density at radius 1 is 1.20 bits per heavy atom. The van der Waals surface area contributed by atoms with Crippen LogP contribution in [-0.2, 0) is 0 Å². The van der Waals surface area contributed by atoms with Crippen LogP contribution in [0.2, 0.25) is 0 Å². The third kappa shape index (κ3) is 8.61. The molecule has 0 saturated carbocycles. The van der Waals surface area contributed by atoms with E-state index in [2.05, 4.69) is 53.6 Å². The van der Waals surface area contributed by atoms with E-state index in [4.69, 9.17) is 5.11 Å². The van der Waals surface area contributed by atoms with Crippen molar-refractivity contribution in [3.05, 3.63) is 29.8 Å². The number of aryl methyl sites for hydroxylation is 1. The van der Waals surface area contributed by atoms with Gasteiger partial charge < -0.3 is 20.6 Å². The van der Waals surface area contributed by atoms with Gasteiger partial charge in [0.1, 0.15) is 0 Å². The maximum Gasteiger partial charge on any atom is 0.0445 e. The molecule has 0 aromatic heterocycles. The molecule has 0 spiro atoms. The summed E-state index contributed by atoms with van der Waals surface area (Å²) >= 11 is 0. The lowest BCUT2D eigenvalue weighted by Gasteiger charge is -2.36. The lowest BCUT2D eigenvalue weighted by molar-refractivity contribution is 0.250. The highest BCUT2D eigenvalue weighted by Gasteiger charge is 2.17. The van der Waals surface area contributed by atoms with Gasteiger partial charge in [-0.05, 0) is 57.4 Å². The summed E-state index contributed by atoms with van der Waals surface area (Å²) in [5.41, 5.74) is 2.70. The Kier molecular flexibility index (Phi) is 13.4. The molecule has 3 N–H and O–H groups in total. The van der Waals surface area contributed by atoms with Gasteiger partial charge in [-0.3, -0.25) is 0 Å². The average Bonchev–Trinajstić information content (AvgIpc) is 2.57. The van der Waals surface area contributed by atoms with E-state index < -0.39 is 0 Å². The van der Waals surface area contributed by atoms with Gasteiger partial charge >= 0.3 is 0 Å². The van der Waals surface area contributed by atoms with Gasteiger partial charge in [-0.2, -0.15) is 0 Å². The van der Waals surface area contributed by atoms with Crippen molar-refractivity contribution in [1.82, 2.24) is 10.6 Å². The summed E-state index contributed by atoms with van der Waals surface area (Å²) < 4.78 is 0. The molecule has 1 aromatic carbocycles. The molecule has 0 aliphatic carbocycles. The van der Waals surface area contributed by atoms with Gasteiger partial charge in [0.05, 0.1) is 0 Å². The van der Waals surface area contributed by atoms with Crippen LogP contribution in [0.4, 0.5) is 5.69 Å². The highest BCUT2D eigenvalue weighted by Crippen LogP contribution is 2.19. The number of aliphatic hydroxyl groups excluding tert-OH is 1. The first-order chi connectivity index (χ1) is 11.2. The fourth-order valence-corrected chi connectivity index (χ4v) is 3.36. The molecular formula is C19H35Cl2N3O. The third-order valence-corrected chi connectivity index (χ3v) is 4.72. The summed E-state index contributed by atoms with van der Waals surface area (Å²) in [6.07, 6.45) is 4.82. The van der Waals surface area contributed by atoms with Crippen molar-refractivity contribution in [2.75, 3.05) is 37.7 Å². The zero-order chi connectivity index (χ0) is 16.5. The Bertz CT molecular complexity index is 453. The molecule has 4 nitrogen and oxygen atoms in total. The second kappa shape index (κ2) is 13.7. The molecule has 2 aliphatic rings. The maximum atomic E-state index is 8.58. The normalized spacial score (nSPS) is 22.8. The molecule has 146 valence electrons. The minimum atomic E-state index is 0. The Hall–Kier alpha value is -0.520. The minimum absolute atomic E-state index is 0. The predicted octanol–water partition coefficient (Wildman–Crippen LogP) is 3.15. The topological polar surface area (TPSA) is 47.5 Å². The van der Waals surface area contributed by atoms with Gasteiger partial charge in [-0.15, -0.1) is 24.8 Å². The van der Waals surface area contributed by atoms with Crippen molar-refractivity contribution in [1.29, 1.82) is 0 Å². The quantitative estimate of drug-likeness (QED) is 0.740. The van der Waals surface area contributed by atoms with E-state index in [0.29, 0.717) is 18.7 Å². The molecule has 0 amide bonds. The van der Waals surface area contributed by atoms with Gasteiger partial charge in [0.15, 0.2) is 0 Å². The first-order valence-corrected chi connectivity index (χ1v) is 9.09. The fourth-order valence-electron chi connectivity index (χ4n) is 3.36. The smallest absolute Gasteiger partial charge is 0.0445 e. The number of piperidine rings is 1. The zero-order valence-corrected chi connectivity index (χ0v) is 17.2. The molecule has 3 rings (SSSR count). The van der Waals surface area contributed by atoms with Crippen LogP contribution in [0.1, 0.15) is 38.2 Å².